The zero-order valence-corrected chi connectivity index (χ0v) is 15.9. The van der Waals surface area contributed by atoms with Crippen LogP contribution in [0.25, 0.3) is 0 Å². The predicted octanol–water partition coefficient (Wildman–Crippen LogP) is 4.10. The van der Waals surface area contributed by atoms with Gasteiger partial charge in [0.05, 0.1) is 28.6 Å². The topological polar surface area (TPSA) is 65.5 Å². The fraction of sp³-hybridized carbons (Fsp3) is 0.650. The monoisotopic (exact) mass is 377 g/mol. The van der Waals surface area contributed by atoms with Gasteiger partial charge in [-0.2, -0.15) is 0 Å². The fourth-order valence-corrected chi connectivity index (χ4v) is 4.96. The van der Waals surface area contributed by atoms with Crippen LogP contribution in [0.1, 0.15) is 83.5 Å². The molecular weight excluding hydrogens is 354 g/mol. The van der Waals surface area contributed by atoms with Crippen LogP contribution in [0.3, 0.4) is 0 Å². The van der Waals surface area contributed by atoms with Crippen LogP contribution in [0.4, 0.5) is 0 Å². The Balaban J connectivity index is 1.83. The Morgan fingerprint density at radius 3 is 2.65 bits per heavy atom. The highest BCUT2D eigenvalue weighted by atomic mass is 35.5. The number of nitrogens with zero attached hydrogens (tertiary/aromatic N) is 1. The molecule has 0 unspecified atom stereocenters. The lowest BCUT2D eigenvalue weighted by Gasteiger charge is -2.44. The number of hydrogen-bond acceptors (Lipinski definition) is 5. The van der Waals surface area contributed by atoms with Crippen molar-refractivity contribution in [1.29, 1.82) is 0 Å². The van der Waals surface area contributed by atoms with Crippen LogP contribution < -0.4 is 0 Å². The van der Waals surface area contributed by atoms with E-state index in [1.807, 2.05) is 0 Å². The summed E-state index contributed by atoms with van der Waals surface area (Å²) in [5.41, 5.74) is 2.28. The summed E-state index contributed by atoms with van der Waals surface area (Å²) in [6.45, 7) is 3.31. The molecule has 0 aromatic carbocycles. The van der Waals surface area contributed by atoms with E-state index in [-0.39, 0.29) is 34.3 Å². The van der Waals surface area contributed by atoms with Crippen LogP contribution in [0.15, 0.2) is 0 Å². The van der Waals surface area contributed by atoms with E-state index in [9.17, 15) is 9.59 Å². The number of hydrogen-bond donors (Lipinski definition) is 0. The third-order valence-corrected chi connectivity index (χ3v) is 6.48. The molecule has 1 aliphatic heterocycles. The van der Waals surface area contributed by atoms with Crippen molar-refractivity contribution in [2.24, 2.45) is 5.41 Å². The number of carbonyl (C=O) groups is 2. The van der Waals surface area contributed by atoms with Gasteiger partial charge in [0.15, 0.2) is 5.78 Å². The predicted molar refractivity (Wildman–Crippen MR) is 96.9 cm³/mol. The zero-order chi connectivity index (χ0) is 18.3. The molecule has 140 valence electrons. The number of aromatic nitrogens is 1. The average molecular weight is 378 g/mol. The van der Waals surface area contributed by atoms with E-state index in [4.69, 9.17) is 26.1 Å². The van der Waals surface area contributed by atoms with Gasteiger partial charge in [-0.25, -0.2) is 4.79 Å². The minimum atomic E-state index is -0.481. The molecular formula is C20H24ClNO4. The van der Waals surface area contributed by atoms with Crippen molar-refractivity contribution in [3.8, 4) is 0 Å². The normalized spacial score (nSPS) is 22.0. The van der Waals surface area contributed by atoms with Crippen molar-refractivity contribution in [1.82, 2.24) is 4.98 Å². The summed E-state index contributed by atoms with van der Waals surface area (Å²) < 4.78 is 10.7. The van der Waals surface area contributed by atoms with Gasteiger partial charge in [0.1, 0.15) is 5.56 Å². The van der Waals surface area contributed by atoms with E-state index in [0.717, 1.165) is 37.8 Å². The SMILES string of the molecule is CCOC(=O)c1c(C2CCOCC2)nc2c(c1Cl)C(=O)CC1(CCC1)C2. The molecule has 1 aromatic rings. The standard InChI is InChI=1S/C20H24ClNO4/c1-2-26-19(24)16-17(21)15-13(10-20(6-3-7-20)11-14(15)23)22-18(16)12-4-8-25-9-5-12/h12H,2-11H2,1H3. The first-order valence-electron chi connectivity index (χ1n) is 9.55. The smallest absolute Gasteiger partial charge is 0.341 e. The number of esters is 1. The molecule has 4 rings (SSSR count). The second-order valence-electron chi connectivity index (χ2n) is 7.75. The molecule has 0 N–H and O–H groups in total. The number of carbonyl (C=O) groups excluding carboxylic acids is 2. The summed E-state index contributed by atoms with van der Waals surface area (Å²) >= 11 is 6.64. The van der Waals surface area contributed by atoms with Gasteiger partial charge in [-0.1, -0.05) is 18.0 Å². The quantitative estimate of drug-likeness (QED) is 0.742. The van der Waals surface area contributed by atoms with Gasteiger partial charge in [-0.05, 0) is 44.4 Å². The lowest BCUT2D eigenvalue weighted by molar-refractivity contribution is 0.0517. The molecule has 6 heteroatoms. The Kier molecular flexibility index (Phi) is 4.78. The minimum Gasteiger partial charge on any atom is -0.462 e. The number of fused-ring (bicyclic) bond motifs is 1. The highest BCUT2D eigenvalue weighted by Crippen LogP contribution is 2.51. The lowest BCUT2D eigenvalue weighted by Crippen LogP contribution is -2.39. The van der Waals surface area contributed by atoms with E-state index in [2.05, 4.69) is 0 Å². The van der Waals surface area contributed by atoms with Gasteiger partial charge in [-0.3, -0.25) is 9.78 Å². The Hall–Kier alpha value is -1.46. The molecule has 0 radical (unpaired) electrons. The maximum atomic E-state index is 12.8. The van der Waals surface area contributed by atoms with Gasteiger partial charge < -0.3 is 9.47 Å². The van der Waals surface area contributed by atoms with Crippen LogP contribution in [-0.4, -0.2) is 36.6 Å². The van der Waals surface area contributed by atoms with Crippen molar-refractivity contribution in [2.75, 3.05) is 19.8 Å². The number of ketones is 1. The molecule has 3 aliphatic rings. The summed E-state index contributed by atoms with van der Waals surface area (Å²) in [6, 6.07) is 0. The van der Waals surface area contributed by atoms with E-state index in [0.29, 0.717) is 30.9 Å². The highest BCUT2D eigenvalue weighted by molar-refractivity contribution is 6.37. The molecule has 26 heavy (non-hydrogen) atoms. The van der Waals surface area contributed by atoms with E-state index < -0.39 is 5.97 Å². The van der Waals surface area contributed by atoms with Crippen molar-refractivity contribution < 1.29 is 19.1 Å². The minimum absolute atomic E-state index is 0.0209. The number of ether oxygens (including phenoxy) is 2. The van der Waals surface area contributed by atoms with Crippen molar-refractivity contribution in [3.05, 3.63) is 27.5 Å². The first-order chi connectivity index (χ1) is 12.5. The molecule has 1 spiro atoms. The summed E-state index contributed by atoms with van der Waals surface area (Å²) in [4.78, 5) is 30.3. The number of halogens is 1. The molecule has 1 saturated heterocycles. The van der Waals surface area contributed by atoms with Crippen LogP contribution in [-0.2, 0) is 15.9 Å². The van der Waals surface area contributed by atoms with Crippen molar-refractivity contribution in [2.45, 2.75) is 57.8 Å². The first kappa shape index (κ1) is 17.9. The molecule has 1 saturated carbocycles. The lowest BCUT2D eigenvalue weighted by atomic mass is 9.60. The summed E-state index contributed by atoms with van der Waals surface area (Å²) in [6.07, 6.45) is 6.21. The summed E-state index contributed by atoms with van der Waals surface area (Å²) in [7, 11) is 0. The summed E-state index contributed by atoms with van der Waals surface area (Å²) in [5, 5.41) is 0.245. The number of rotatable bonds is 3. The molecule has 1 aromatic heterocycles. The van der Waals surface area contributed by atoms with Crippen molar-refractivity contribution in [3.63, 3.8) is 0 Å². The van der Waals surface area contributed by atoms with Gasteiger partial charge in [0.25, 0.3) is 0 Å². The third-order valence-electron chi connectivity index (χ3n) is 6.10. The molecule has 0 bridgehead atoms. The second-order valence-corrected chi connectivity index (χ2v) is 8.12. The van der Waals surface area contributed by atoms with Gasteiger partial charge >= 0.3 is 5.97 Å². The largest absolute Gasteiger partial charge is 0.462 e. The first-order valence-corrected chi connectivity index (χ1v) is 9.93. The highest BCUT2D eigenvalue weighted by Gasteiger charge is 2.45. The second kappa shape index (κ2) is 6.93. The maximum absolute atomic E-state index is 12.8. The van der Waals surface area contributed by atoms with Gasteiger partial charge in [0, 0.05) is 25.6 Å². The van der Waals surface area contributed by atoms with E-state index in [1.54, 1.807) is 6.92 Å². The van der Waals surface area contributed by atoms with Crippen LogP contribution in [0.2, 0.25) is 5.02 Å². The summed E-state index contributed by atoms with van der Waals surface area (Å²) in [5.74, 6) is -0.348. The number of Topliss-reactive ketones (excluding diaryl/α,β-unsaturated/α-hetero) is 1. The van der Waals surface area contributed by atoms with E-state index >= 15 is 0 Å². The van der Waals surface area contributed by atoms with Gasteiger partial charge in [0.2, 0.25) is 0 Å². The average Bonchev–Trinajstić information content (AvgIpc) is 2.60. The van der Waals surface area contributed by atoms with Crippen LogP contribution in [0, 0.1) is 5.41 Å². The zero-order valence-electron chi connectivity index (χ0n) is 15.1. The third kappa shape index (κ3) is 2.95. The molecule has 0 amide bonds. The van der Waals surface area contributed by atoms with E-state index in [1.165, 1.54) is 6.42 Å². The van der Waals surface area contributed by atoms with Crippen LogP contribution in [0.5, 0.6) is 0 Å². The Labute approximate surface area is 158 Å². The Morgan fingerprint density at radius 1 is 1.31 bits per heavy atom. The molecule has 2 aliphatic carbocycles. The molecule has 0 atom stereocenters. The van der Waals surface area contributed by atoms with Crippen molar-refractivity contribution >= 4 is 23.4 Å². The molecule has 5 nitrogen and oxygen atoms in total. The molecule has 2 fully saturated rings. The fourth-order valence-electron chi connectivity index (χ4n) is 4.57. The Bertz CT molecular complexity index is 751. The Morgan fingerprint density at radius 2 is 2.04 bits per heavy atom. The molecule has 2 heterocycles. The number of pyridine rings is 1. The van der Waals surface area contributed by atoms with Gasteiger partial charge in [-0.15, -0.1) is 0 Å². The maximum Gasteiger partial charge on any atom is 0.341 e. The van der Waals surface area contributed by atoms with Crippen LogP contribution >= 0.6 is 11.6 Å².